The van der Waals surface area contributed by atoms with Gasteiger partial charge in [-0.05, 0) is 48.6 Å². The lowest BCUT2D eigenvalue weighted by Gasteiger charge is -2.10. The molecule has 144 valence electrons. The Hall–Kier alpha value is -3.52. The predicted octanol–water partition coefficient (Wildman–Crippen LogP) is 4.16. The number of nitrogen functional groups attached to an aromatic ring is 1. The first kappa shape index (κ1) is 17.6. The summed E-state index contributed by atoms with van der Waals surface area (Å²) in [6.07, 6.45) is 3.80. The van der Waals surface area contributed by atoms with Crippen LogP contribution in [0.1, 0.15) is 23.2 Å². The number of aromatic nitrogens is 3. The summed E-state index contributed by atoms with van der Waals surface area (Å²) in [6.45, 7) is 0. The number of thiophene rings is 1. The summed E-state index contributed by atoms with van der Waals surface area (Å²) in [5.41, 5.74) is 8.44. The number of carbonyl (C=O) groups is 1. The molecule has 8 heteroatoms. The van der Waals surface area contributed by atoms with Crippen molar-refractivity contribution in [1.29, 1.82) is 0 Å². The molecular weight excluding hydrogens is 384 g/mol. The van der Waals surface area contributed by atoms with Crippen LogP contribution in [-0.2, 0) is 0 Å². The monoisotopic (exact) mass is 402 g/mol. The summed E-state index contributed by atoms with van der Waals surface area (Å²) >= 11 is 1.64. The fourth-order valence-corrected chi connectivity index (χ4v) is 3.77. The molecule has 0 spiro atoms. The number of benzene rings is 1. The number of nitrogens with one attached hydrogen (secondary N) is 2. The highest BCUT2D eigenvalue weighted by molar-refractivity contribution is 7.17. The van der Waals surface area contributed by atoms with Gasteiger partial charge in [0, 0.05) is 23.5 Å². The van der Waals surface area contributed by atoms with Crippen molar-refractivity contribution in [3.8, 4) is 11.4 Å². The number of hydrogen-bond acceptors (Lipinski definition) is 7. The zero-order valence-corrected chi connectivity index (χ0v) is 16.2. The Bertz CT molecular complexity index is 1200. The van der Waals surface area contributed by atoms with Gasteiger partial charge in [0.15, 0.2) is 5.82 Å². The molecule has 7 nitrogen and oxygen atoms in total. The Morgan fingerprint density at radius 2 is 2.03 bits per heavy atom. The molecule has 0 aliphatic heterocycles. The third-order valence-corrected chi connectivity index (χ3v) is 5.56. The maximum Gasteiger partial charge on any atom is 0.257 e. The molecule has 29 heavy (non-hydrogen) atoms. The standard InChI is InChI=1S/C21H18N6OS/c22-17-7-4-13(11-23-17)21(28)25-15-3-1-2-12(10-15)19-26-16-8-9-29-18(16)20(27-19)24-14-5-6-14/h1-4,7-11,14H,5-6H2,(H2,22,23)(H,25,28)(H,24,26,27). The average Bonchev–Trinajstić information content (AvgIpc) is 3.41. The molecule has 3 aromatic heterocycles. The summed E-state index contributed by atoms with van der Waals surface area (Å²) in [4.78, 5) is 25.9. The normalized spacial score (nSPS) is 13.4. The van der Waals surface area contributed by atoms with E-state index in [1.54, 1.807) is 23.5 Å². The van der Waals surface area contributed by atoms with Crippen molar-refractivity contribution in [3.63, 3.8) is 0 Å². The zero-order valence-electron chi connectivity index (χ0n) is 15.4. The van der Waals surface area contributed by atoms with Crippen molar-refractivity contribution in [2.75, 3.05) is 16.4 Å². The third-order valence-electron chi connectivity index (χ3n) is 4.65. The Balaban J connectivity index is 1.44. The molecule has 0 saturated heterocycles. The molecule has 4 aromatic rings. The van der Waals surface area contributed by atoms with E-state index in [1.807, 2.05) is 35.7 Å². The van der Waals surface area contributed by atoms with Crippen LogP contribution < -0.4 is 16.4 Å². The van der Waals surface area contributed by atoms with E-state index in [-0.39, 0.29) is 5.91 Å². The van der Waals surface area contributed by atoms with Gasteiger partial charge in [0.2, 0.25) is 0 Å². The highest BCUT2D eigenvalue weighted by Gasteiger charge is 2.23. The first-order valence-electron chi connectivity index (χ1n) is 9.31. The first-order valence-corrected chi connectivity index (χ1v) is 10.2. The number of amides is 1. The van der Waals surface area contributed by atoms with Crippen molar-refractivity contribution in [1.82, 2.24) is 15.0 Å². The molecule has 1 aliphatic rings. The molecule has 3 heterocycles. The number of fused-ring (bicyclic) bond motifs is 1. The number of carbonyl (C=O) groups excluding carboxylic acids is 1. The number of rotatable bonds is 5. The van der Waals surface area contributed by atoms with Crippen LogP contribution >= 0.6 is 11.3 Å². The van der Waals surface area contributed by atoms with Gasteiger partial charge in [0.05, 0.1) is 15.8 Å². The minimum absolute atomic E-state index is 0.250. The molecule has 1 aromatic carbocycles. The molecular formula is C21H18N6OS. The van der Waals surface area contributed by atoms with Crippen LogP contribution in [0.2, 0.25) is 0 Å². The lowest BCUT2D eigenvalue weighted by molar-refractivity contribution is 0.102. The number of pyridine rings is 1. The van der Waals surface area contributed by atoms with Crippen molar-refractivity contribution < 1.29 is 4.79 Å². The third kappa shape index (κ3) is 3.74. The van der Waals surface area contributed by atoms with Gasteiger partial charge in [-0.1, -0.05) is 12.1 Å². The van der Waals surface area contributed by atoms with Crippen LogP contribution in [0.3, 0.4) is 0 Å². The van der Waals surface area contributed by atoms with E-state index >= 15 is 0 Å². The van der Waals surface area contributed by atoms with Crippen molar-refractivity contribution in [3.05, 3.63) is 59.6 Å². The quantitative estimate of drug-likeness (QED) is 0.463. The fourth-order valence-electron chi connectivity index (χ4n) is 2.99. The predicted molar refractivity (Wildman–Crippen MR) is 116 cm³/mol. The van der Waals surface area contributed by atoms with E-state index < -0.39 is 0 Å². The van der Waals surface area contributed by atoms with Crippen molar-refractivity contribution in [2.45, 2.75) is 18.9 Å². The van der Waals surface area contributed by atoms with E-state index in [9.17, 15) is 4.79 Å². The minimum atomic E-state index is -0.250. The summed E-state index contributed by atoms with van der Waals surface area (Å²) in [7, 11) is 0. The van der Waals surface area contributed by atoms with Crippen molar-refractivity contribution >= 4 is 44.8 Å². The molecule has 0 bridgehead atoms. The molecule has 0 unspecified atom stereocenters. The van der Waals surface area contributed by atoms with Crippen LogP contribution in [0, 0.1) is 0 Å². The minimum Gasteiger partial charge on any atom is -0.384 e. The Morgan fingerprint density at radius 1 is 1.14 bits per heavy atom. The second kappa shape index (κ2) is 7.14. The van der Waals surface area contributed by atoms with E-state index in [0.29, 0.717) is 28.9 Å². The van der Waals surface area contributed by atoms with Crippen LogP contribution in [-0.4, -0.2) is 26.9 Å². The van der Waals surface area contributed by atoms with Gasteiger partial charge in [0.1, 0.15) is 11.6 Å². The number of hydrogen-bond donors (Lipinski definition) is 3. The molecule has 4 N–H and O–H groups in total. The first-order chi connectivity index (χ1) is 14.2. The molecule has 0 radical (unpaired) electrons. The van der Waals surface area contributed by atoms with Crippen LogP contribution in [0.4, 0.5) is 17.3 Å². The zero-order chi connectivity index (χ0) is 19.8. The molecule has 1 aliphatic carbocycles. The van der Waals surface area contributed by atoms with Gasteiger partial charge in [-0.15, -0.1) is 11.3 Å². The number of nitrogens with zero attached hydrogens (tertiary/aromatic N) is 3. The van der Waals surface area contributed by atoms with Crippen LogP contribution in [0.15, 0.2) is 54.0 Å². The topological polar surface area (TPSA) is 106 Å². The SMILES string of the molecule is Nc1ccc(C(=O)Nc2cccc(-c3nc(NC4CC4)c4sccc4n3)c2)cn1. The van der Waals surface area contributed by atoms with Crippen LogP contribution in [0.5, 0.6) is 0 Å². The lowest BCUT2D eigenvalue weighted by Crippen LogP contribution is -2.12. The van der Waals surface area contributed by atoms with Gasteiger partial charge in [0.25, 0.3) is 5.91 Å². The second-order valence-corrected chi connectivity index (χ2v) is 7.87. The smallest absolute Gasteiger partial charge is 0.257 e. The molecule has 1 fully saturated rings. The van der Waals surface area contributed by atoms with Gasteiger partial charge < -0.3 is 16.4 Å². The Kier molecular flexibility index (Phi) is 4.33. The molecule has 1 saturated carbocycles. The highest BCUT2D eigenvalue weighted by atomic mass is 32.1. The average molecular weight is 402 g/mol. The van der Waals surface area contributed by atoms with Gasteiger partial charge in [-0.3, -0.25) is 4.79 Å². The van der Waals surface area contributed by atoms with E-state index in [2.05, 4.69) is 15.6 Å². The molecule has 0 atom stereocenters. The number of anilines is 3. The van der Waals surface area contributed by atoms with Crippen molar-refractivity contribution in [2.24, 2.45) is 0 Å². The second-order valence-electron chi connectivity index (χ2n) is 6.96. The number of nitrogens with two attached hydrogens (primary N) is 1. The van der Waals surface area contributed by atoms with E-state index in [4.69, 9.17) is 15.7 Å². The lowest BCUT2D eigenvalue weighted by atomic mass is 10.1. The fraction of sp³-hybridized carbons (Fsp3) is 0.143. The largest absolute Gasteiger partial charge is 0.384 e. The Morgan fingerprint density at radius 3 is 2.83 bits per heavy atom. The van der Waals surface area contributed by atoms with Crippen LogP contribution in [0.25, 0.3) is 21.6 Å². The highest BCUT2D eigenvalue weighted by Crippen LogP contribution is 2.33. The van der Waals surface area contributed by atoms with E-state index in [0.717, 1.165) is 21.6 Å². The van der Waals surface area contributed by atoms with Gasteiger partial charge >= 0.3 is 0 Å². The summed E-state index contributed by atoms with van der Waals surface area (Å²) in [5.74, 6) is 1.63. The van der Waals surface area contributed by atoms with E-state index in [1.165, 1.54) is 19.0 Å². The van der Waals surface area contributed by atoms with Gasteiger partial charge in [-0.25, -0.2) is 15.0 Å². The maximum atomic E-state index is 12.5. The van der Waals surface area contributed by atoms with Gasteiger partial charge in [-0.2, -0.15) is 0 Å². The maximum absolute atomic E-state index is 12.5. The molecule has 1 amide bonds. The summed E-state index contributed by atoms with van der Waals surface area (Å²) in [5, 5.41) is 8.41. The molecule has 5 rings (SSSR count). The summed E-state index contributed by atoms with van der Waals surface area (Å²) < 4.78 is 1.07. The Labute approximate surface area is 171 Å². The summed E-state index contributed by atoms with van der Waals surface area (Å²) in [6, 6.07) is 13.3.